The first-order chi connectivity index (χ1) is 14.3. The van der Waals surface area contributed by atoms with Crippen molar-refractivity contribution in [2.24, 2.45) is 0 Å². The van der Waals surface area contributed by atoms with Gasteiger partial charge in [-0.05, 0) is 36.8 Å². The summed E-state index contributed by atoms with van der Waals surface area (Å²) < 4.78 is 26.7. The van der Waals surface area contributed by atoms with Crippen LogP contribution in [-0.4, -0.2) is 48.7 Å². The summed E-state index contributed by atoms with van der Waals surface area (Å²) in [5.41, 5.74) is 1.95. The smallest absolute Gasteiger partial charge is 0.242 e. The summed E-state index contributed by atoms with van der Waals surface area (Å²) >= 11 is 2.62. The van der Waals surface area contributed by atoms with Gasteiger partial charge in [0, 0.05) is 25.5 Å². The number of benzene rings is 2. The highest BCUT2D eigenvalue weighted by Gasteiger charge is 2.20. The first-order valence-corrected chi connectivity index (χ1v) is 12.1. The predicted molar refractivity (Wildman–Crippen MR) is 121 cm³/mol. The molecule has 0 unspecified atom stereocenters. The highest BCUT2D eigenvalue weighted by atomic mass is 32.2. The Hall–Kier alpha value is -2.47. The monoisotopic (exact) mass is 463 g/mol. The Bertz CT molecular complexity index is 1130. The number of nitrogens with zero attached hydrogens (tertiary/aromatic N) is 3. The second kappa shape index (κ2) is 9.56. The van der Waals surface area contributed by atoms with E-state index in [1.165, 1.54) is 43.3 Å². The summed E-state index contributed by atoms with van der Waals surface area (Å²) in [6.45, 7) is 1.72. The first kappa shape index (κ1) is 22.2. The Morgan fingerprint density at radius 2 is 1.83 bits per heavy atom. The van der Waals surface area contributed by atoms with Crippen LogP contribution in [0, 0.1) is 6.92 Å². The molecule has 8 nitrogen and oxygen atoms in total. The predicted octanol–water partition coefficient (Wildman–Crippen LogP) is 3.57. The van der Waals surface area contributed by atoms with Crippen molar-refractivity contribution >= 4 is 55.5 Å². The molecule has 0 atom stereocenters. The van der Waals surface area contributed by atoms with E-state index in [1.54, 1.807) is 19.1 Å². The van der Waals surface area contributed by atoms with Gasteiger partial charge in [0.15, 0.2) is 4.34 Å². The zero-order valence-electron chi connectivity index (χ0n) is 16.6. The number of hydrogen-bond donors (Lipinski definition) is 2. The molecule has 1 aromatic heterocycles. The Balaban J connectivity index is 1.59. The summed E-state index contributed by atoms with van der Waals surface area (Å²) in [5.74, 6) is -0.131. The second-order valence-corrected chi connectivity index (χ2v) is 10.8. The van der Waals surface area contributed by atoms with Crippen molar-refractivity contribution < 1.29 is 13.2 Å². The van der Waals surface area contributed by atoms with Gasteiger partial charge in [0.25, 0.3) is 0 Å². The van der Waals surface area contributed by atoms with E-state index in [-0.39, 0.29) is 16.6 Å². The van der Waals surface area contributed by atoms with Crippen molar-refractivity contribution in [1.82, 2.24) is 14.5 Å². The lowest BCUT2D eigenvalue weighted by molar-refractivity contribution is -0.113. The molecule has 2 aromatic carbocycles. The summed E-state index contributed by atoms with van der Waals surface area (Å²) in [7, 11) is -0.647. The lowest BCUT2D eigenvalue weighted by atomic mass is 10.2. The number of anilines is 3. The van der Waals surface area contributed by atoms with Crippen molar-refractivity contribution in [1.29, 1.82) is 0 Å². The van der Waals surface area contributed by atoms with Crippen molar-refractivity contribution in [3.8, 4) is 0 Å². The normalized spacial score (nSPS) is 11.5. The number of aromatic nitrogens is 2. The molecule has 0 spiro atoms. The third-order valence-corrected chi connectivity index (χ3v) is 7.92. The molecule has 158 valence electrons. The van der Waals surface area contributed by atoms with Gasteiger partial charge in [-0.3, -0.25) is 4.79 Å². The van der Waals surface area contributed by atoms with Crippen LogP contribution in [0.1, 0.15) is 5.56 Å². The number of amides is 1. The van der Waals surface area contributed by atoms with Gasteiger partial charge in [-0.2, -0.15) is 0 Å². The quantitative estimate of drug-likeness (QED) is 0.492. The molecule has 0 bridgehead atoms. The number of para-hydroxylation sites is 1. The van der Waals surface area contributed by atoms with Crippen LogP contribution < -0.4 is 10.6 Å². The number of sulfonamides is 1. The fourth-order valence-electron chi connectivity index (χ4n) is 2.44. The lowest BCUT2D eigenvalue weighted by Gasteiger charge is -2.15. The van der Waals surface area contributed by atoms with Gasteiger partial charge in [0.05, 0.1) is 10.6 Å². The third kappa shape index (κ3) is 5.57. The Morgan fingerprint density at radius 1 is 1.10 bits per heavy atom. The van der Waals surface area contributed by atoms with Gasteiger partial charge in [-0.1, -0.05) is 47.4 Å². The van der Waals surface area contributed by atoms with Gasteiger partial charge in [-0.25, -0.2) is 12.7 Å². The van der Waals surface area contributed by atoms with E-state index in [9.17, 15) is 13.2 Å². The topological polar surface area (TPSA) is 104 Å². The molecule has 0 saturated heterocycles. The van der Waals surface area contributed by atoms with Crippen LogP contribution in [0.4, 0.5) is 16.5 Å². The van der Waals surface area contributed by atoms with E-state index in [0.717, 1.165) is 9.99 Å². The van der Waals surface area contributed by atoms with Crippen LogP contribution >= 0.6 is 23.1 Å². The average molecular weight is 464 g/mol. The van der Waals surface area contributed by atoms with Crippen molar-refractivity contribution in [2.75, 3.05) is 30.5 Å². The molecule has 0 fully saturated rings. The fraction of sp³-hybridized carbons (Fsp3) is 0.211. The first-order valence-electron chi connectivity index (χ1n) is 8.87. The number of thioether (sulfide) groups is 1. The molecule has 0 radical (unpaired) electrons. The van der Waals surface area contributed by atoms with Crippen LogP contribution in [0.3, 0.4) is 0 Å². The number of nitrogens with one attached hydrogen (secondary N) is 2. The number of carbonyl (C=O) groups is 1. The highest BCUT2D eigenvalue weighted by molar-refractivity contribution is 8.01. The molecule has 1 heterocycles. The Kier molecular flexibility index (Phi) is 7.08. The van der Waals surface area contributed by atoms with Crippen LogP contribution in [0.5, 0.6) is 0 Å². The zero-order chi connectivity index (χ0) is 21.7. The van der Waals surface area contributed by atoms with Crippen LogP contribution in [0.15, 0.2) is 57.8 Å². The van der Waals surface area contributed by atoms with Gasteiger partial charge < -0.3 is 10.6 Å². The van der Waals surface area contributed by atoms with Gasteiger partial charge in [-0.15, -0.1) is 10.2 Å². The van der Waals surface area contributed by atoms with E-state index in [0.29, 0.717) is 20.7 Å². The van der Waals surface area contributed by atoms with E-state index >= 15 is 0 Å². The lowest BCUT2D eigenvalue weighted by Crippen LogP contribution is -2.23. The zero-order valence-corrected chi connectivity index (χ0v) is 19.1. The Morgan fingerprint density at radius 3 is 2.53 bits per heavy atom. The molecule has 3 rings (SSSR count). The molecule has 0 aliphatic rings. The molecule has 1 amide bonds. The minimum Gasteiger partial charge on any atom is -0.330 e. The van der Waals surface area contributed by atoms with E-state index in [1.807, 2.05) is 30.3 Å². The van der Waals surface area contributed by atoms with Crippen molar-refractivity contribution in [3.63, 3.8) is 0 Å². The van der Waals surface area contributed by atoms with Gasteiger partial charge in [0.1, 0.15) is 0 Å². The molecule has 0 aliphatic carbocycles. The number of rotatable bonds is 8. The molecule has 0 aliphatic heterocycles. The number of carbonyl (C=O) groups excluding carboxylic acids is 1. The van der Waals surface area contributed by atoms with E-state index in [4.69, 9.17) is 0 Å². The number of hydrogen-bond acceptors (Lipinski definition) is 8. The highest BCUT2D eigenvalue weighted by Crippen LogP contribution is 2.28. The molecule has 11 heteroatoms. The van der Waals surface area contributed by atoms with Crippen molar-refractivity contribution in [3.05, 3.63) is 54.1 Å². The molecule has 2 N–H and O–H groups in total. The maximum Gasteiger partial charge on any atom is 0.242 e. The molecule has 3 aromatic rings. The van der Waals surface area contributed by atoms with Crippen LogP contribution in [0.2, 0.25) is 0 Å². The SMILES string of the molecule is Cc1ccc(NC(=O)CSc2nnc(Nc3ccccc3)s2)cc1S(=O)(=O)N(C)C. The number of aryl methyl sites for hydroxylation is 1. The minimum absolute atomic E-state index is 0.129. The van der Waals surface area contributed by atoms with Crippen LogP contribution in [0.25, 0.3) is 0 Å². The van der Waals surface area contributed by atoms with Gasteiger partial charge in [0.2, 0.25) is 21.1 Å². The second-order valence-electron chi connectivity index (χ2n) is 6.47. The third-order valence-electron chi connectivity index (χ3n) is 3.99. The summed E-state index contributed by atoms with van der Waals surface area (Å²) in [4.78, 5) is 12.5. The average Bonchev–Trinajstić information content (AvgIpc) is 3.15. The van der Waals surface area contributed by atoms with Crippen molar-refractivity contribution in [2.45, 2.75) is 16.2 Å². The molecule has 30 heavy (non-hydrogen) atoms. The maximum absolute atomic E-state index is 12.4. The van der Waals surface area contributed by atoms with E-state index < -0.39 is 10.0 Å². The minimum atomic E-state index is -3.59. The molecule has 0 saturated carbocycles. The fourth-order valence-corrected chi connectivity index (χ4v) is 5.16. The Labute approximate surface area is 183 Å². The molecular formula is C19H21N5O3S3. The molecular weight excluding hydrogens is 442 g/mol. The van der Waals surface area contributed by atoms with Crippen LogP contribution in [-0.2, 0) is 14.8 Å². The van der Waals surface area contributed by atoms with Gasteiger partial charge >= 0.3 is 0 Å². The summed E-state index contributed by atoms with van der Waals surface area (Å²) in [6.07, 6.45) is 0. The maximum atomic E-state index is 12.4. The summed E-state index contributed by atoms with van der Waals surface area (Å²) in [5, 5.41) is 14.7. The summed E-state index contributed by atoms with van der Waals surface area (Å²) in [6, 6.07) is 14.4. The largest absolute Gasteiger partial charge is 0.330 e. The van der Waals surface area contributed by atoms with E-state index in [2.05, 4.69) is 20.8 Å². The standard InChI is InChI=1S/C19H21N5O3S3/c1-13-9-10-15(11-16(13)30(26,27)24(2)3)20-17(25)12-28-19-23-22-18(29-19)21-14-7-5-4-6-8-14/h4-11H,12H2,1-3H3,(H,20,25)(H,21,22).